The molecule has 3 aromatic carbocycles. The number of nitrogens with one attached hydrogen (secondary N) is 1. The molecule has 7 nitrogen and oxygen atoms in total. The third kappa shape index (κ3) is 5.10. The first-order chi connectivity index (χ1) is 16.0. The van der Waals surface area contributed by atoms with Gasteiger partial charge in [-0.1, -0.05) is 66.7 Å². The second-order valence-electron chi connectivity index (χ2n) is 7.43. The van der Waals surface area contributed by atoms with Gasteiger partial charge in [-0.25, -0.2) is 0 Å². The molecule has 33 heavy (non-hydrogen) atoms. The standard InChI is InChI=1S/C26H23N3O4/c1-33-21-14-8-13-20(15-21)27-24(19-11-6-3-7-12-19)26(32)25-22(18-9-4-2-5-10-18)16-29(28-25)17-23(30)31/h2-16,24,27H,17H2,1H3,(H,30,31). The van der Waals surface area contributed by atoms with Crippen LogP contribution in [0.3, 0.4) is 0 Å². The molecule has 166 valence electrons. The number of aliphatic carboxylic acids is 1. The lowest BCUT2D eigenvalue weighted by atomic mass is 9.96. The maximum absolute atomic E-state index is 13.9. The van der Waals surface area contributed by atoms with Crippen LogP contribution in [0.2, 0.25) is 0 Å². The molecule has 4 aromatic rings. The first kappa shape index (κ1) is 21.8. The number of benzene rings is 3. The van der Waals surface area contributed by atoms with E-state index >= 15 is 0 Å². The summed E-state index contributed by atoms with van der Waals surface area (Å²) in [6.07, 6.45) is 1.60. The van der Waals surface area contributed by atoms with E-state index in [2.05, 4.69) is 10.4 Å². The lowest BCUT2D eigenvalue weighted by molar-refractivity contribution is -0.137. The fourth-order valence-electron chi connectivity index (χ4n) is 3.61. The summed E-state index contributed by atoms with van der Waals surface area (Å²) in [5.74, 6) is -0.646. The van der Waals surface area contributed by atoms with Crippen LogP contribution >= 0.6 is 0 Å². The molecular formula is C26H23N3O4. The normalized spacial score (nSPS) is 11.5. The number of nitrogens with zero attached hydrogens (tertiary/aromatic N) is 2. The van der Waals surface area contributed by atoms with E-state index in [0.717, 1.165) is 11.1 Å². The molecule has 1 atom stereocenters. The number of aromatic nitrogens is 2. The van der Waals surface area contributed by atoms with Crippen molar-refractivity contribution in [3.63, 3.8) is 0 Å². The van der Waals surface area contributed by atoms with Gasteiger partial charge in [0, 0.05) is 23.5 Å². The highest BCUT2D eigenvalue weighted by Gasteiger charge is 2.28. The zero-order valence-electron chi connectivity index (χ0n) is 18.0. The maximum Gasteiger partial charge on any atom is 0.325 e. The molecule has 0 fully saturated rings. The molecule has 0 amide bonds. The summed E-state index contributed by atoms with van der Waals surface area (Å²) in [5.41, 5.74) is 3.03. The van der Waals surface area contributed by atoms with E-state index in [4.69, 9.17) is 4.74 Å². The molecule has 0 saturated heterocycles. The fraction of sp³-hybridized carbons (Fsp3) is 0.115. The number of ether oxygens (including phenoxy) is 1. The average molecular weight is 441 g/mol. The van der Waals surface area contributed by atoms with E-state index in [0.29, 0.717) is 17.0 Å². The van der Waals surface area contributed by atoms with Crippen LogP contribution in [0.15, 0.2) is 91.1 Å². The monoisotopic (exact) mass is 441 g/mol. The number of Topliss-reactive ketones (excluding diaryl/α,β-unsaturated/α-hetero) is 1. The van der Waals surface area contributed by atoms with Crippen molar-refractivity contribution in [3.8, 4) is 16.9 Å². The van der Waals surface area contributed by atoms with E-state index in [1.807, 2.05) is 84.9 Å². The van der Waals surface area contributed by atoms with Gasteiger partial charge in [0.1, 0.15) is 24.0 Å². The highest BCUT2D eigenvalue weighted by atomic mass is 16.5. The minimum atomic E-state index is -1.04. The van der Waals surface area contributed by atoms with E-state index in [1.54, 1.807) is 13.3 Å². The smallest absolute Gasteiger partial charge is 0.325 e. The van der Waals surface area contributed by atoms with Crippen molar-refractivity contribution >= 4 is 17.4 Å². The largest absolute Gasteiger partial charge is 0.497 e. The second-order valence-corrected chi connectivity index (χ2v) is 7.43. The van der Waals surface area contributed by atoms with Gasteiger partial charge in [0.25, 0.3) is 0 Å². The predicted molar refractivity (Wildman–Crippen MR) is 125 cm³/mol. The van der Waals surface area contributed by atoms with E-state index < -0.39 is 12.0 Å². The van der Waals surface area contributed by atoms with Crippen molar-refractivity contribution in [2.45, 2.75) is 12.6 Å². The van der Waals surface area contributed by atoms with E-state index in [-0.39, 0.29) is 18.0 Å². The molecule has 0 bridgehead atoms. The van der Waals surface area contributed by atoms with Gasteiger partial charge in [0.15, 0.2) is 0 Å². The Morgan fingerprint density at radius 1 is 1.00 bits per heavy atom. The van der Waals surface area contributed by atoms with Gasteiger partial charge in [-0.15, -0.1) is 0 Å². The molecule has 0 aliphatic rings. The van der Waals surface area contributed by atoms with Crippen molar-refractivity contribution in [2.75, 3.05) is 12.4 Å². The minimum Gasteiger partial charge on any atom is -0.497 e. The Hall–Kier alpha value is -4.39. The molecule has 7 heteroatoms. The zero-order chi connectivity index (χ0) is 23.2. The fourth-order valence-corrected chi connectivity index (χ4v) is 3.61. The topological polar surface area (TPSA) is 93.5 Å². The Morgan fingerprint density at radius 3 is 2.36 bits per heavy atom. The van der Waals surface area contributed by atoms with Gasteiger partial charge >= 0.3 is 5.97 Å². The molecule has 0 spiro atoms. The lowest BCUT2D eigenvalue weighted by Gasteiger charge is -2.19. The van der Waals surface area contributed by atoms with Crippen LogP contribution in [0.4, 0.5) is 5.69 Å². The molecule has 0 aliphatic carbocycles. The van der Waals surface area contributed by atoms with Crippen molar-refractivity contribution in [1.29, 1.82) is 0 Å². The van der Waals surface area contributed by atoms with Gasteiger partial charge in [-0.3, -0.25) is 14.3 Å². The molecule has 1 unspecified atom stereocenters. The Kier molecular flexibility index (Phi) is 6.50. The van der Waals surface area contributed by atoms with E-state index in [9.17, 15) is 14.7 Å². The number of anilines is 1. The van der Waals surface area contributed by atoms with Crippen LogP contribution in [-0.4, -0.2) is 33.7 Å². The Morgan fingerprint density at radius 2 is 1.70 bits per heavy atom. The summed E-state index contributed by atoms with van der Waals surface area (Å²) in [5, 5.41) is 16.9. The highest BCUT2D eigenvalue weighted by Crippen LogP contribution is 2.30. The van der Waals surface area contributed by atoms with Crippen molar-refractivity contribution < 1.29 is 19.4 Å². The van der Waals surface area contributed by atoms with Crippen molar-refractivity contribution in [1.82, 2.24) is 9.78 Å². The van der Waals surface area contributed by atoms with E-state index in [1.165, 1.54) is 4.68 Å². The number of carbonyl (C=O) groups excluding carboxylic acids is 1. The Labute approximate surface area is 191 Å². The average Bonchev–Trinajstić information content (AvgIpc) is 3.26. The minimum absolute atomic E-state index is 0.201. The molecule has 2 N–H and O–H groups in total. The van der Waals surface area contributed by atoms with Crippen LogP contribution in [0.1, 0.15) is 22.1 Å². The second kappa shape index (κ2) is 9.82. The number of carbonyl (C=O) groups is 2. The molecular weight excluding hydrogens is 418 g/mol. The summed E-state index contributed by atoms with van der Waals surface area (Å²) in [6, 6.07) is 25.3. The first-order valence-electron chi connectivity index (χ1n) is 10.4. The van der Waals surface area contributed by atoms with Crippen molar-refractivity contribution in [3.05, 3.63) is 102 Å². The first-order valence-corrected chi connectivity index (χ1v) is 10.4. The van der Waals surface area contributed by atoms with Gasteiger partial charge in [-0.05, 0) is 23.3 Å². The maximum atomic E-state index is 13.9. The molecule has 0 aliphatic heterocycles. The van der Waals surface area contributed by atoms with Gasteiger partial charge in [-0.2, -0.15) is 5.10 Å². The lowest BCUT2D eigenvalue weighted by Crippen LogP contribution is -2.22. The van der Waals surface area contributed by atoms with Gasteiger partial charge in [0.2, 0.25) is 5.78 Å². The molecule has 1 heterocycles. The van der Waals surface area contributed by atoms with Gasteiger partial charge in [0.05, 0.1) is 7.11 Å². The number of hydrogen-bond acceptors (Lipinski definition) is 5. The highest BCUT2D eigenvalue weighted by molar-refractivity contribution is 6.05. The van der Waals surface area contributed by atoms with Crippen LogP contribution in [-0.2, 0) is 11.3 Å². The third-order valence-electron chi connectivity index (χ3n) is 5.15. The molecule has 0 radical (unpaired) electrons. The number of carboxylic acid groups (broad SMARTS) is 1. The van der Waals surface area contributed by atoms with Crippen LogP contribution < -0.4 is 10.1 Å². The number of methoxy groups -OCH3 is 1. The van der Waals surface area contributed by atoms with Crippen LogP contribution in [0.25, 0.3) is 11.1 Å². The Balaban J connectivity index is 1.78. The van der Waals surface area contributed by atoms with Crippen LogP contribution in [0.5, 0.6) is 5.75 Å². The zero-order valence-corrected chi connectivity index (χ0v) is 18.0. The number of hydrogen-bond donors (Lipinski definition) is 2. The van der Waals surface area contributed by atoms with Crippen molar-refractivity contribution in [2.24, 2.45) is 0 Å². The van der Waals surface area contributed by atoms with Crippen LogP contribution in [0, 0.1) is 0 Å². The molecule has 4 rings (SSSR count). The summed E-state index contributed by atoms with van der Waals surface area (Å²) in [6.45, 7) is -0.341. The third-order valence-corrected chi connectivity index (χ3v) is 5.15. The molecule has 0 saturated carbocycles. The SMILES string of the molecule is COc1cccc(NC(C(=O)c2nn(CC(=O)O)cc2-c2ccccc2)c2ccccc2)c1. The quantitative estimate of drug-likeness (QED) is 0.366. The van der Waals surface area contributed by atoms with Gasteiger partial charge < -0.3 is 15.2 Å². The summed E-state index contributed by atoms with van der Waals surface area (Å²) < 4.78 is 6.59. The summed E-state index contributed by atoms with van der Waals surface area (Å²) in [4.78, 5) is 25.2. The number of rotatable bonds is 9. The number of carboxylic acids is 1. The Bertz CT molecular complexity index is 1250. The predicted octanol–water partition coefficient (Wildman–Crippen LogP) is 4.68. The summed E-state index contributed by atoms with van der Waals surface area (Å²) >= 11 is 0. The number of ketones is 1. The molecule has 1 aromatic heterocycles. The summed E-state index contributed by atoms with van der Waals surface area (Å²) in [7, 11) is 1.58.